The molecule has 1 aromatic heterocycles. The van der Waals surface area contributed by atoms with E-state index in [9.17, 15) is 0 Å². The van der Waals surface area contributed by atoms with Crippen LogP contribution in [0.15, 0.2) is 6.07 Å². The Bertz CT molecular complexity index is 395. The topological polar surface area (TPSA) is 12.0 Å². The zero-order valence-corrected chi connectivity index (χ0v) is 14.8. The molecule has 0 aromatic carbocycles. The molecule has 0 bridgehead atoms. The van der Waals surface area contributed by atoms with Gasteiger partial charge in [-0.3, -0.25) is 0 Å². The first-order valence-electron chi connectivity index (χ1n) is 6.93. The van der Waals surface area contributed by atoms with Crippen molar-refractivity contribution in [3.05, 3.63) is 20.3 Å². The van der Waals surface area contributed by atoms with Gasteiger partial charge in [-0.1, -0.05) is 57.8 Å². The average molecular weight is 322 g/mol. The maximum atomic E-state index is 6.31. The van der Waals surface area contributed by atoms with Crippen LogP contribution in [0.3, 0.4) is 0 Å². The van der Waals surface area contributed by atoms with E-state index in [0.29, 0.717) is 17.4 Å². The van der Waals surface area contributed by atoms with Gasteiger partial charge in [0.2, 0.25) is 0 Å². The van der Waals surface area contributed by atoms with E-state index in [2.05, 4.69) is 39.9 Å². The molecule has 0 aliphatic rings. The molecule has 19 heavy (non-hydrogen) atoms. The second-order valence-corrected chi connectivity index (χ2v) is 8.57. The fourth-order valence-corrected chi connectivity index (χ4v) is 3.52. The van der Waals surface area contributed by atoms with Gasteiger partial charge in [-0.25, -0.2) is 0 Å². The molecule has 0 amide bonds. The smallest absolute Gasteiger partial charge is 0.0991 e. The van der Waals surface area contributed by atoms with Crippen molar-refractivity contribution in [1.82, 2.24) is 5.32 Å². The van der Waals surface area contributed by atoms with Crippen LogP contribution in [0.5, 0.6) is 0 Å². The molecule has 0 fully saturated rings. The molecule has 1 heterocycles. The van der Waals surface area contributed by atoms with Crippen LogP contribution in [0.4, 0.5) is 0 Å². The summed E-state index contributed by atoms with van der Waals surface area (Å²) >= 11 is 13.8. The fourth-order valence-electron chi connectivity index (χ4n) is 1.94. The number of thiophene rings is 1. The molecule has 0 aliphatic carbocycles. The lowest BCUT2D eigenvalue weighted by atomic mass is 9.78. The SMILES string of the molecule is CCCNC(CC(C)C(C)(C)C)c1cc(Cl)sc1Cl. The van der Waals surface area contributed by atoms with E-state index < -0.39 is 0 Å². The molecule has 2 unspecified atom stereocenters. The molecular formula is C15H25Cl2NS. The van der Waals surface area contributed by atoms with Crippen LogP contribution in [-0.2, 0) is 0 Å². The van der Waals surface area contributed by atoms with Gasteiger partial charge in [-0.2, -0.15) is 0 Å². The van der Waals surface area contributed by atoms with Crippen LogP contribution in [0.1, 0.15) is 59.1 Å². The monoisotopic (exact) mass is 321 g/mol. The van der Waals surface area contributed by atoms with Gasteiger partial charge < -0.3 is 5.32 Å². The van der Waals surface area contributed by atoms with Gasteiger partial charge in [0.15, 0.2) is 0 Å². The van der Waals surface area contributed by atoms with Crippen LogP contribution in [-0.4, -0.2) is 6.54 Å². The lowest BCUT2D eigenvalue weighted by Gasteiger charge is -2.31. The van der Waals surface area contributed by atoms with Crippen molar-refractivity contribution in [2.45, 2.75) is 53.5 Å². The second kappa shape index (κ2) is 7.31. The molecule has 2 atom stereocenters. The third kappa shape index (κ3) is 5.26. The van der Waals surface area contributed by atoms with Gasteiger partial charge in [0.1, 0.15) is 0 Å². The molecule has 1 N–H and O–H groups in total. The lowest BCUT2D eigenvalue weighted by molar-refractivity contribution is 0.223. The summed E-state index contributed by atoms with van der Waals surface area (Å²) in [6.07, 6.45) is 2.20. The summed E-state index contributed by atoms with van der Waals surface area (Å²) in [7, 11) is 0. The van der Waals surface area contributed by atoms with Crippen molar-refractivity contribution in [2.75, 3.05) is 6.54 Å². The Morgan fingerprint density at radius 3 is 2.37 bits per heavy atom. The summed E-state index contributed by atoms with van der Waals surface area (Å²) in [5.74, 6) is 0.608. The number of hydrogen-bond donors (Lipinski definition) is 1. The zero-order chi connectivity index (χ0) is 14.6. The molecular weight excluding hydrogens is 297 g/mol. The predicted octanol–water partition coefficient (Wildman–Crippen LogP) is 6.17. The van der Waals surface area contributed by atoms with E-state index >= 15 is 0 Å². The Kier molecular flexibility index (Phi) is 6.65. The standard InChI is InChI=1S/C15H25Cl2NS/c1-6-7-18-12(8-10(2)15(3,4)5)11-9-13(16)19-14(11)17/h9-10,12,18H,6-8H2,1-5H3. The number of hydrogen-bond acceptors (Lipinski definition) is 2. The maximum absolute atomic E-state index is 6.31. The van der Waals surface area contributed by atoms with E-state index in [0.717, 1.165) is 33.6 Å². The maximum Gasteiger partial charge on any atom is 0.0991 e. The van der Waals surface area contributed by atoms with Crippen molar-refractivity contribution in [3.63, 3.8) is 0 Å². The minimum atomic E-state index is 0.297. The molecule has 4 heteroatoms. The molecule has 0 spiro atoms. The van der Waals surface area contributed by atoms with Crippen LogP contribution in [0, 0.1) is 11.3 Å². The van der Waals surface area contributed by atoms with Gasteiger partial charge in [0, 0.05) is 11.6 Å². The van der Waals surface area contributed by atoms with E-state index in [4.69, 9.17) is 23.2 Å². The normalized spacial score (nSPS) is 15.5. The summed E-state index contributed by atoms with van der Waals surface area (Å²) in [5, 5.41) is 3.61. The minimum absolute atomic E-state index is 0.297. The Hall–Kier alpha value is 0.240. The first kappa shape index (κ1) is 17.3. The summed E-state index contributed by atoms with van der Waals surface area (Å²) < 4.78 is 1.59. The Morgan fingerprint density at radius 1 is 1.32 bits per heavy atom. The zero-order valence-electron chi connectivity index (χ0n) is 12.5. The number of nitrogens with one attached hydrogen (secondary N) is 1. The van der Waals surface area contributed by atoms with Crippen molar-refractivity contribution < 1.29 is 0 Å². The average Bonchev–Trinajstić information content (AvgIpc) is 2.62. The van der Waals surface area contributed by atoms with E-state index in [-0.39, 0.29) is 0 Å². The van der Waals surface area contributed by atoms with Crippen LogP contribution >= 0.6 is 34.5 Å². The largest absolute Gasteiger partial charge is 0.310 e. The Balaban J connectivity index is 2.86. The van der Waals surface area contributed by atoms with Crippen LogP contribution in [0.2, 0.25) is 8.67 Å². The molecule has 0 radical (unpaired) electrons. The minimum Gasteiger partial charge on any atom is -0.310 e. The summed E-state index contributed by atoms with van der Waals surface area (Å²) in [6, 6.07) is 2.31. The van der Waals surface area contributed by atoms with Gasteiger partial charge >= 0.3 is 0 Å². The highest BCUT2D eigenvalue weighted by Crippen LogP contribution is 2.39. The van der Waals surface area contributed by atoms with Crippen LogP contribution < -0.4 is 5.32 Å². The molecule has 1 rings (SSSR count). The molecule has 0 saturated heterocycles. The van der Waals surface area contributed by atoms with Crippen molar-refractivity contribution in [1.29, 1.82) is 0 Å². The van der Waals surface area contributed by atoms with Gasteiger partial charge in [0.25, 0.3) is 0 Å². The van der Waals surface area contributed by atoms with E-state index in [1.165, 1.54) is 11.3 Å². The summed E-state index contributed by atoms with van der Waals surface area (Å²) in [4.78, 5) is 0. The number of halogens is 2. The summed E-state index contributed by atoms with van der Waals surface area (Å²) in [6.45, 7) is 12.4. The molecule has 110 valence electrons. The first-order valence-corrected chi connectivity index (χ1v) is 8.51. The molecule has 1 aromatic rings. The first-order chi connectivity index (χ1) is 8.75. The van der Waals surface area contributed by atoms with Gasteiger partial charge in [0.05, 0.1) is 8.67 Å². The molecule has 0 aliphatic heterocycles. The van der Waals surface area contributed by atoms with Crippen molar-refractivity contribution >= 4 is 34.5 Å². The number of rotatable bonds is 6. The fraction of sp³-hybridized carbons (Fsp3) is 0.733. The quantitative estimate of drug-likeness (QED) is 0.660. The summed E-state index contributed by atoms with van der Waals surface area (Å²) in [5.41, 5.74) is 1.46. The van der Waals surface area contributed by atoms with Crippen LogP contribution in [0.25, 0.3) is 0 Å². The van der Waals surface area contributed by atoms with Crippen molar-refractivity contribution in [2.24, 2.45) is 11.3 Å². The predicted molar refractivity (Wildman–Crippen MR) is 88.6 cm³/mol. The Labute approximate surface area is 131 Å². The molecule has 1 nitrogen and oxygen atoms in total. The highest BCUT2D eigenvalue weighted by Gasteiger charge is 2.26. The third-order valence-corrected chi connectivity index (χ3v) is 5.28. The van der Waals surface area contributed by atoms with Gasteiger partial charge in [-0.15, -0.1) is 11.3 Å². The van der Waals surface area contributed by atoms with Gasteiger partial charge in [-0.05, 0) is 36.8 Å². The third-order valence-electron chi connectivity index (χ3n) is 3.77. The highest BCUT2D eigenvalue weighted by atomic mass is 35.5. The van der Waals surface area contributed by atoms with E-state index in [1.807, 2.05) is 6.07 Å². The lowest BCUT2D eigenvalue weighted by Crippen LogP contribution is -2.28. The Morgan fingerprint density at radius 2 is 1.95 bits per heavy atom. The highest BCUT2D eigenvalue weighted by molar-refractivity contribution is 7.20. The second-order valence-electron chi connectivity index (χ2n) is 6.29. The molecule has 0 saturated carbocycles. The van der Waals surface area contributed by atoms with E-state index in [1.54, 1.807) is 0 Å². The van der Waals surface area contributed by atoms with Crippen molar-refractivity contribution in [3.8, 4) is 0 Å².